The molecule has 0 aliphatic heterocycles. The minimum atomic E-state index is -0.315. The number of nitrogens with two attached hydrogens (primary N) is 1. The zero-order valence-electron chi connectivity index (χ0n) is 7.69. The predicted octanol–water partition coefficient (Wildman–Crippen LogP) is 2.26. The standard InChI is InChI=1S/C11H11ClFN/c12-6-2-1-3-10-7-9(8-14)4-5-11(10)13/h4-5,7H,2,6,8,14H2. The largest absolute Gasteiger partial charge is 0.326 e. The summed E-state index contributed by atoms with van der Waals surface area (Å²) in [5.41, 5.74) is 6.70. The minimum Gasteiger partial charge on any atom is -0.326 e. The molecule has 0 spiro atoms. The van der Waals surface area contributed by atoms with Gasteiger partial charge in [-0.2, -0.15) is 0 Å². The fraction of sp³-hybridized carbons (Fsp3) is 0.273. The zero-order chi connectivity index (χ0) is 10.4. The van der Waals surface area contributed by atoms with Crippen molar-refractivity contribution in [2.45, 2.75) is 13.0 Å². The maximum Gasteiger partial charge on any atom is 0.138 e. The van der Waals surface area contributed by atoms with Crippen LogP contribution in [0.5, 0.6) is 0 Å². The van der Waals surface area contributed by atoms with Gasteiger partial charge in [-0.3, -0.25) is 0 Å². The number of hydrogen-bond acceptors (Lipinski definition) is 1. The smallest absolute Gasteiger partial charge is 0.138 e. The van der Waals surface area contributed by atoms with Crippen LogP contribution in [-0.4, -0.2) is 5.88 Å². The van der Waals surface area contributed by atoms with Crippen molar-refractivity contribution in [2.24, 2.45) is 5.73 Å². The SMILES string of the molecule is NCc1ccc(F)c(C#CCCCl)c1. The summed E-state index contributed by atoms with van der Waals surface area (Å²) < 4.78 is 13.2. The van der Waals surface area contributed by atoms with Crippen LogP contribution < -0.4 is 5.73 Å². The van der Waals surface area contributed by atoms with E-state index in [0.29, 0.717) is 24.4 Å². The van der Waals surface area contributed by atoms with E-state index in [2.05, 4.69) is 11.8 Å². The van der Waals surface area contributed by atoms with E-state index < -0.39 is 0 Å². The van der Waals surface area contributed by atoms with Gasteiger partial charge < -0.3 is 5.73 Å². The number of alkyl halides is 1. The molecule has 2 N–H and O–H groups in total. The predicted molar refractivity (Wildman–Crippen MR) is 56.5 cm³/mol. The Hall–Kier alpha value is -1.04. The first-order valence-electron chi connectivity index (χ1n) is 4.31. The van der Waals surface area contributed by atoms with Crippen LogP contribution in [0.2, 0.25) is 0 Å². The van der Waals surface area contributed by atoms with Crippen LogP contribution in [0.3, 0.4) is 0 Å². The van der Waals surface area contributed by atoms with E-state index in [4.69, 9.17) is 17.3 Å². The summed E-state index contributed by atoms with van der Waals surface area (Å²) in [4.78, 5) is 0. The highest BCUT2D eigenvalue weighted by Gasteiger charge is 1.99. The van der Waals surface area contributed by atoms with Gasteiger partial charge in [-0.15, -0.1) is 11.6 Å². The molecule has 0 bridgehead atoms. The van der Waals surface area contributed by atoms with Crippen LogP contribution in [-0.2, 0) is 6.54 Å². The highest BCUT2D eigenvalue weighted by Crippen LogP contribution is 2.08. The summed E-state index contributed by atoms with van der Waals surface area (Å²) in [6, 6.07) is 4.70. The molecule has 0 fully saturated rings. The molecule has 74 valence electrons. The van der Waals surface area contributed by atoms with E-state index in [9.17, 15) is 4.39 Å². The molecule has 0 saturated heterocycles. The fourth-order valence-corrected chi connectivity index (χ4v) is 1.09. The van der Waals surface area contributed by atoms with Crippen molar-refractivity contribution >= 4 is 11.6 Å². The highest BCUT2D eigenvalue weighted by atomic mass is 35.5. The molecular formula is C11H11ClFN. The van der Waals surface area contributed by atoms with Gasteiger partial charge in [-0.1, -0.05) is 17.9 Å². The maximum absolute atomic E-state index is 13.2. The van der Waals surface area contributed by atoms with Crippen molar-refractivity contribution in [2.75, 3.05) is 5.88 Å². The molecule has 14 heavy (non-hydrogen) atoms. The molecule has 0 aliphatic rings. The maximum atomic E-state index is 13.2. The van der Waals surface area contributed by atoms with E-state index in [1.165, 1.54) is 6.07 Å². The summed E-state index contributed by atoms with van der Waals surface area (Å²) in [5.74, 6) is 5.65. The third-order valence-corrected chi connectivity index (χ3v) is 1.90. The van der Waals surface area contributed by atoms with Crippen LogP contribution in [0.15, 0.2) is 18.2 Å². The average molecular weight is 212 g/mol. The van der Waals surface area contributed by atoms with Crippen LogP contribution in [0, 0.1) is 17.7 Å². The van der Waals surface area contributed by atoms with Gasteiger partial charge in [-0.25, -0.2) is 4.39 Å². The fourth-order valence-electron chi connectivity index (χ4n) is 1.00. The quantitative estimate of drug-likeness (QED) is 0.590. The molecule has 0 aliphatic carbocycles. The second-order valence-electron chi connectivity index (χ2n) is 2.76. The van der Waals surface area contributed by atoms with Crippen LogP contribution >= 0.6 is 11.6 Å². The molecule has 0 radical (unpaired) electrons. The molecule has 1 aromatic rings. The lowest BCUT2D eigenvalue weighted by atomic mass is 10.1. The Labute approximate surface area is 88.1 Å². The Kier molecular flexibility index (Phi) is 4.45. The van der Waals surface area contributed by atoms with Gasteiger partial charge >= 0.3 is 0 Å². The van der Waals surface area contributed by atoms with Gasteiger partial charge in [0.1, 0.15) is 5.82 Å². The van der Waals surface area contributed by atoms with Gasteiger partial charge in [0.2, 0.25) is 0 Å². The second kappa shape index (κ2) is 5.64. The van der Waals surface area contributed by atoms with Gasteiger partial charge in [0.15, 0.2) is 0 Å². The van der Waals surface area contributed by atoms with Crippen molar-refractivity contribution in [1.82, 2.24) is 0 Å². The molecule has 0 amide bonds. The van der Waals surface area contributed by atoms with E-state index in [-0.39, 0.29) is 5.82 Å². The van der Waals surface area contributed by atoms with Crippen molar-refractivity contribution in [1.29, 1.82) is 0 Å². The van der Waals surface area contributed by atoms with Crippen LogP contribution in [0.1, 0.15) is 17.5 Å². The lowest BCUT2D eigenvalue weighted by molar-refractivity contribution is 0.623. The minimum absolute atomic E-state index is 0.315. The topological polar surface area (TPSA) is 26.0 Å². The Balaban J connectivity index is 2.91. The first-order chi connectivity index (χ1) is 6.77. The molecule has 1 nitrogen and oxygen atoms in total. The Bertz CT molecular complexity index is 365. The van der Waals surface area contributed by atoms with Crippen molar-refractivity contribution in [3.63, 3.8) is 0 Å². The first-order valence-corrected chi connectivity index (χ1v) is 4.84. The van der Waals surface area contributed by atoms with Gasteiger partial charge in [0.25, 0.3) is 0 Å². The number of rotatable bonds is 2. The molecule has 0 unspecified atom stereocenters. The Morgan fingerprint density at radius 3 is 2.86 bits per heavy atom. The number of benzene rings is 1. The third-order valence-electron chi connectivity index (χ3n) is 1.71. The lowest BCUT2D eigenvalue weighted by Crippen LogP contribution is -1.97. The summed E-state index contributed by atoms with van der Waals surface area (Å²) in [6.45, 7) is 0.393. The van der Waals surface area contributed by atoms with Gasteiger partial charge in [0, 0.05) is 18.8 Å². The van der Waals surface area contributed by atoms with E-state index in [0.717, 1.165) is 5.56 Å². The van der Waals surface area contributed by atoms with E-state index in [1.807, 2.05) is 0 Å². The number of hydrogen-bond donors (Lipinski definition) is 1. The lowest BCUT2D eigenvalue weighted by Gasteiger charge is -1.98. The summed E-state index contributed by atoms with van der Waals surface area (Å²) >= 11 is 5.45. The van der Waals surface area contributed by atoms with Gasteiger partial charge in [0.05, 0.1) is 5.56 Å². The van der Waals surface area contributed by atoms with Crippen molar-refractivity contribution in [3.8, 4) is 11.8 Å². The molecule has 0 atom stereocenters. The molecular weight excluding hydrogens is 201 g/mol. The zero-order valence-corrected chi connectivity index (χ0v) is 8.44. The van der Waals surface area contributed by atoms with E-state index in [1.54, 1.807) is 12.1 Å². The normalized spacial score (nSPS) is 9.36. The molecule has 1 rings (SSSR count). The Morgan fingerprint density at radius 1 is 1.43 bits per heavy atom. The average Bonchev–Trinajstić information content (AvgIpc) is 2.21. The first kappa shape index (κ1) is 11.0. The number of halogens is 2. The molecule has 0 heterocycles. The molecule has 3 heteroatoms. The molecule has 1 aromatic carbocycles. The van der Waals surface area contributed by atoms with E-state index >= 15 is 0 Å². The van der Waals surface area contributed by atoms with Crippen molar-refractivity contribution in [3.05, 3.63) is 35.1 Å². The van der Waals surface area contributed by atoms with Crippen LogP contribution in [0.4, 0.5) is 4.39 Å². The monoisotopic (exact) mass is 211 g/mol. The summed E-state index contributed by atoms with van der Waals surface area (Å²) in [5, 5.41) is 0. The molecule has 0 aromatic heterocycles. The summed E-state index contributed by atoms with van der Waals surface area (Å²) in [7, 11) is 0. The highest BCUT2D eigenvalue weighted by molar-refractivity contribution is 6.18. The van der Waals surface area contributed by atoms with Crippen LogP contribution in [0.25, 0.3) is 0 Å². The van der Waals surface area contributed by atoms with Gasteiger partial charge in [-0.05, 0) is 17.7 Å². The second-order valence-corrected chi connectivity index (χ2v) is 3.14. The third kappa shape index (κ3) is 3.02. The summed E-state index contributed by atoms with van der Waals surface area (Å²) in [6.07, 6.45) is 0.563. The van der Waals surface area contributed by atoms with Crippen molar-refractivity contribution < 1.29 is 4.39 Å². The molecule has 0 saturated carbocycles. The Morgan fingerprint density at radius 2 is 2.21 bits per heavy atom.